The molecule has 2 bridgehead atoms. The molecule has 0 unspecified atom stereocenters. The number of nitrogens with zero attached hydrogens (tertiary/aromatic N) is 1. The van der Waals surface area contributed by atoms with Gasteiger partial charge in [0.2, 0.25) is 0 Å². The van der Waals surface area contributed by atoms with Crippen LogP contribution >= 0.6 is 0 Å². The minimum absolute atomic E-state index is 0.203. The molecule has 1 aliphatic heterocycles. The van der Waals surface area contributed by atoms with Crippen molar-refractivity contribution in [1.82, 2.24) is 10.2 Å². The van der Waals surface area contributed by atoms with Gasteiger partial charge in [-0.05, 0) is 25.5 Å². The minimum Gasteiger partial charge on any atom is -0.377 e. The van der Waals surface area contributed by atoms with E-state index in [1.807, 2.05) is 13.2 Å². The number of hydrogen-bond acceptors (Lipinski definition) is 3. The van der Waals surface area contributed by atoms with Crippen molar-refractivity contribution < 1.29 is 4.74 Å². The number of ether oxygens (including phenoxy) is 1. The third-order valence-electron chi connectivity index (χ3n) is 2.93. The predicted molar refractivity (Wildman–Crippen MR) is 52.3 cm³/mol. The molecule has 2 rings (SSSR count). The molecule has 0 aromatic carbocycles. The highest BCUT2D eigenvalue weighted by Gasteiger charge is 2.34. The van der Waals surface area contributed by atoms with Crippen LogP contribution in [0.1, 0.15) is 19.3 Å². The van der Waals surface area contributed by atoms with Gasteiger partial charge >= 0.3 is 0 Å². The van der Waals surface area contributed by atoms with Gasteiger partial charge in [-0.15, -0.1) is 0 Å². The molecule has 1 N–H and O–H groups in total. The largest absolute Gasteiger partial charge is 0.377 e. The van der Waals surface area contributed by atoms with Crippen molar-refractivity contribution in [3.63, 3.8) is 0 Å². The minimum atomic E-state index is 0.203. The lowest BCUT2D eigenvalue weighted by Gasteiger charge is -2.32. The lowest BCUT2D eigenvalue weighted by molar-refractivity contribution is -0.0599. The molecule has 1 saturated heterocycles. The van der Waals surface area contributed by atoms with Gasteiger partial charge in [-0.3, -0.25) is 5.32 Å². The Kier molecular flexibility index (Phi) is 2.56. The van der Waals surface area contributed by atoms with Crippen LogP contribution in [0.5, 0.6) is 0 Å². The molecule has 1 aliphatic carbocycles. The maximum Gasteiger partial charge on any atom is 0.126 e. The maximum absolute atomic E-state index is 5.85. The number of rotatable bonds is 3. The molecule has 74 valence electrons. The summed E-state index contributed by atoms with van der Waals surface area (Å²) in [7, 11) is 2.02. The lowest BCUT2D eigenvalue weighted by atomic mass is 10.2. The first-order chi connectivity index (χ1) is 6.28. The van der Waals surface area contributed by atoms with E-state index in [2.05, 4.69) is 16.8 Å². The van der Waals surface area contributed by atoms with Crippen molar-refractivity contribution in [2.24, 2.45) is 0 Å². The highest BCUT2D eigenvalue weighted by atomic mass is 16.5. The monoisotopic (exact) mass is 182 g/mol. The van der Waals surface area contributed by atoms with Gasteiger partial charge in [-0.25, -0.2) is 0 Å². The van der Waals surface area contributed by atoms with Gasteiger partial charge in [-0.1, -0.05) is 6.58 Å². The van der Waals surface area contributed by atoms with Gasteiger partial charge in [0.15, 0.2) is 0 Å². The quantitative estimate of drug-likeness (QED) is 0.702. The Labute approximate surface area is 79.7 Å². The summed E-state index contributed by atoms with van der Waals surface area (Å²) in [6.07, 6.45) is 6.25. The van der Waals surface area contributed by atoms with Gasteiger partial charge < -0.3 is 9.64 Å². The Morgan fingerprint density at radius 3 is 3.15 bits per heavy atom. The van der Waals surface area contributed by atoms with Gasteiger partial charge in [0, 0.05) is 13.1 Å². The average molecular weight is 182 g/mol. The molecule has 1 saturated carbocycles. The molecular weight excluding hydrogens is 164 g/mol. The molecule has 0 aromatic heterocycles. The number of fused-ring (bicyclic) bond motifs is 2. The first-order valence-corrected chi connectivity index (χ1v) is 5.02. The zero-order chi connectivity index (χ0) is 9.26. The van der Waals surface area contributed by atoms with E-state index in [1.165, 1.54) is 19.3 Å². The zero-order valence-corrected chi connectivity index (χ0v) is 8.20. The zero-order valence-electron chi connectivity index (χ0n) is 8.20. The van der Waals surface area contributed by atoms with Crippen LogP contribution in [-0.4, -0.2) is 36.9 Å². The van der Waals surface area contributed by atoms with Crippen molar-refractivity contribution in [2.45, 2.75) is 37.6 Å². The third kappa shape index (κ3) is 2.03. The maximum atomic E-state index is 5.85. The predicted octanol–water partition coefficient (Wildman–Crippen LogP) is 0.929. The van der Waals surface area contributed by atoms with Crippen molar-refractivity contribution in [1.29, 1.82) is 0 Å². The van der Waals surface area contributed by atoms with Crippen LogP contribution in [0.15, 0.2) is 12.8 Å². The number of likely N-dealkylation sites (N-methyl/N-ethyl adjacent to an activating group) is 1. The lowest BCUT2D eigenvalue weighted by Crippen LogP contribution is -2.49. The van der Waals surface area contributed by atoms with E-state index in [4.69, 9.17) is 4.74 Å². The van der Waals surface area contributed by atoms with Gasteiger partial charge in [0.25, 0.3) is 0 Å². The van der Waals surface area contributed by atoms with Crippen LogP contribution in [0.25, 0.3) is 0 Å². The van der Waals surface area contributed by atoms with E-state index in [9.17, 15) is 0 Å². The second-order valence-corrected chi connectivity index (χ2v) is 4.05. The summed E-state index contributed by atoms with van der Waals surface area (Å²) in [5.41, 5.74) is 0. The molecule has 0 radical (unpaired) electrons. The van der Waals surface area contributed by atoms with Crippen LogP contribution in [0.2, 0.25) is 0 Å². The molecule has 3 heteroatoms. The van der Waals surface area contributed by atoms with Gasteiger partial charge in [-0.2, -0.15) is 0 Å². The van der Waals surface area contributed by atoms with Crippen LogP contribution in [0, 0.1) is 0 Å². The summed E-state index contributed by atoms with van der Waals surface area (Å²) in [5, 5.41) is 3.50. The molecule has 0 aromatic rings. The summed E-state index contributed by atoms with van der Waals surface area (Å²) < 4.78 is 5.85. The fraction of sp³-hybridized carbons (Fsp3) is 0.800. The van der Waals surface area contributed by atoms with Crippen molar-refractivity contribution in [3.05, 3.63) is 12.8 Å². The molecule has 3 atom stereocenters. The molecule has 0 amide bonds. The van der Waals surface area contributed by atoms with Crippen molar-refractivity contribution in [3.8, 4) is 0 Å². The summed E-state index contributed by atoms with van der Waals surface area (Å²) in [4.78, 5) is 2.06. The second kappa shape index (κ2) is 3.68. The molecule has 2 aliphatic rings. The normalized spacial score (nSPS) is 37.5. The fourth-order valence-electron chi connectivity index (χ4n) is 2.18. The van der Waals surface area contributed by atoms with Crippen molar-refractivity contribution in [2.75, 3.05) is 13.6 Å². The average Bonchev–Trinajstić information content (AvgIpc) is 2.46. The molecule has 13 heavy (non-hydrogen) atoms. The molecule has 0 spiro atoms. The van der Waals surface area contributed by atoms with E-state index < -0.39 is 0 Å². The SMILES string of the molecule is C=CN(C)C[C@@H]1N[C@H]2CC[C@H](C2)O1. The topological polar surface area (TPSA) is 24.5 Å². The Bertz CT molecular complexity index is 183. The Morgan fingerprint density at radius 2 is 2.46 bits per heavy atom. The molecule has 1 heterocycles. The third-order valence-corrected chi connectivity index (χ3v) is 2.93. The highest BCUT2D eigenvalue weighted by molar-refractivity contribution is 4.88. The van der Waals surface area contributed by atoms with Crippen LogP contribution in [0.3, 0.4) is 0 Å². The molecule has 2 fully saturated rings. The van der Waals surface area contributed by atoms with Crippen LogP contribution in [-0.2, 0) is 4.74 Å². The van der Waals surface area contributed by atoms with Gasteiger partial charge in [0.05, 0.1) is 12.6 Å². The first-order valence-electron chi connectivity index (χ1n) is 5.02. The molecular formula is C10H18N2O. The Morgan fingerprint density at radius 1 is 1.62 bits per heavy atom. The van der Waals surface area contributed by atoms with Crippen molar-refractivity contribution >= 4 is 0 Å². The molecule has 3 nitrogen and oxygen atoms in total. The van der Waals surface area contributed by atoms with E-state index in [0.29, 0.717) is 12.1 Å². The standard InChI is InChI=1S/C10H18N2O/c1-3-12(2)7-10-11-8-4-5-9(6-8)13-10/h3,8-11H,1,4-7H2,2H3/t8-,9+,10+/m0/s1. The summed E-state index contributed by atoms with van der Waals surface area (Å²) >= 11 is 0. The van der Waals surface area contributed by atoms with E-state index in [-0.39, 0.29) is 6.23 Å². The smallest absolute Gasteiger partial charge is 0.126 e. The number of nitrogens with one attached hydrogen (secondary N) is 1. The second-order valence-electron chi connectivity index (χ2n) is 4.05. The summed E-state index contributed by atoms with van der Waals surface area (Å²) in [6, 6.07) is 0.696. The van der Waals surface area contributed by atoms with E-state index >= 15 is 0 Å². The van der Waals surface area contributed by atoms with Gasteiger partial charge in [0.1, 0.15) is 6.23 Å². The Hall–Kier alpha value is -0.540. The van der Waals surface area contributed by atoms with E-state index in [0.717, 1.165) is 6.54 Å². The summed E-state index contributed by atoms with van der Waals surface area (Å²) in [5.74, 6) is 0. The Balaban J connectivity index is 1.84. The fourth-order valence-corrected chi connectivity index (χ4v) is 2.18. The van der Waals surface area contributed by atoms with E-state index in [1.54, 1.807) is 0 Å². The summed E-state index contributed by atoms with van der Waals surface area (Å²) in [6.45, 7) is 4.62. The number of hydrogen-bond donors (Lipinski definition) is 1. The first kappa shape index (κ1) is 9.03. The van der Waals surface area contributed by atoms with Crippen LogP contribution < -0.4 is 5.32 Å². The van der Waals surface area contributed by atoms with Crippen LogP contribution in [0.4, 0.5) is 0 Å². The highest BCUT2D eigenvalue weighted by Crippen LogP contribution is 2.27.